The Hall–Kier alpha value is -2.27. The molecule has 2 aromatic rings. The van der Waals surface area contributed by atoms with Gasteiger partial charge >= 0.3 is 0 Å². The highest BCUT2D eigenvalue weighted by Crippen LogP contribution is 2.18. The van der Waals surface area contributed by atoms with Crippen molar-refractivity contribution in [1.29, 1.82) is 0 Å². The van der Waals surface area contributed by atoms with Crippen molar-refractivity contribution in [1.82, 2.24) is 5.32 Å². The lowest BCUT2D eigenvalue weighted by Gasteiger charge is -2.06. The molecule has 0 bridgehead atoms. The molecule has 2 amide bonds. The Morgan fingerprint density at radius 2 is 1.64 bits per heavy atom. The molecule has 4 nitrogen and oxygen atoms in total. The summed E-state index contributed by atoms with van der Waals surface area (Å²) in [5.74, 6) is 0.131. The van der Waals surface area contributed by atoms with Gasteiger partial charge in [0, 0.05) is 23.2 Å². The van der Waals surface area contributed by atoms with Gasteiger partial charge in [-0.25, -0.2) is 0 Å². The number of amides is 2. The number of carbonyl (C=O) groups excluding carboxylic acids is 2. The van der Waals surface area contributed by atoms with Crippen LogP contribution in [0.1, 0.15) is 15.9 Å². The van der Waals surface area contributed by atoms with E-state index in [9.17, 15) is 9.59 Å². The normalized spacial score (nSPS) is 10.1. The largest absolute Gasteiger partial charge is 0.355 e. The van der Waals surface area contributed by atoms with Crippen LogP contribution in [-0.4, -0.2) is 24.6 Å². The minimum absolute atomic E-state index is 0.0710. The number of anilines is 1. The molecule has 0 saturated heterocycles. The van der Waals surface area contributed by atoms with Gasteiger partial charge in [-0.2, -0.15) is 0 Å². The van der Waals surface area contributed by atoms with Gasteiger partial charge < -0.3 is 10.6 Å². The zero-order valence-corrected chi connectivity index (χ0v) is 13.4. The lowest BCUT2D eigenvalue weighted by molar-refractivity contribution is -0.113. The molecule has 0 spiro atoms. The number of rotatable bonds is 5. The monoisotopic (exact) mass is 314 g/mol. The first kappa shape index (κ1) is 16.1. The zero-order valence-electron chi connectivity index (χ0n) is 12.6. The van der Waals surface area contributed by atoms with Crippen LogP contribution in [0.3, 0.4) is 0 Å². The van der Waals surface area contributed by atoms with Crippen molar-refractivity contribution in [2.24, 2.45) is 0 Å². The first-order chi connectivity index (χ1) is 10.6. The summed E-state index contributed by atoms with van der Waals surface area (Å²) in [6, 6.07) is 14.9. The molecule has 0 aromatic heterocycles. The van der Waals surface area contributed by atoms with Crippen LogP contribution >= 0.6 is 11.8 Å². The summed E-state index contributed by atoms with van der Waals surface area (Å²) in [6.07, 6.45) is 0. The van der Waals surface area contributed by atoms with Crippen molar-refractivity contribution in [3.8, 4) is 0 Å². The van der Waals surface area contributed by atoms with Gasteiger partial charge in [0.1, 0.15) is 0 Å². The molecular formula is C17H18N2O2S. The van der Waals surface area contributed by atoms with Crippen LogP contribution in [0, 0.1) is 6.92 Å². The SMILES string of the molecule is CNC(=O)c1ccc(NC(=O)CSc2ccc(C)cc2)cc1. The topological polar surface area (TPSA) is 58.2 Å². The second kappa shape index (κ2) is 7.66. The summed E-state index contributed by atoms with van der Waals surface area (Å²) in [4.78, 5) is 24.4. The fourth-order valence-electron chi connectivity index (χ4n) is 1.83. The van der Waals surface area contributed by atoms with E-state index in [4.69, 9.17) is 0 Å². The third-order valence-electron chi connectivity index (χ3n) is 3.05. The highest BCUT2D eigenvalue weighted by atomic mass is 32.2. The van der Waals surface area contributed by atoms with E-state index in [1.165, 1.54) is 17.3 Å². The van der Waals surface area contributed by atoms with Crippen molar-refractivity contribution in [3.05, 3.63) is 59.7 Å². The summed E-state index contributed by atoms with van der Waals surface area (Å²) in [5.41, 5.74) is 2.45. The Balaban J connectivity index is 1.86. The summed E-state index contributed by atoms with van der Waals surface area (Å²) in [5, 5.41) is 5.37. The summed E-state index contributed by atoms with van der Waals surface area (Å²) < 4.78 is 0. The van der Waals surface area contributed by atoms with Gasteiger partial charge in [-0.3, -0.25) is 9.59 Å². The summed E-state index contributed by atoms with van der Waals surface area (Å²) in [6.45, 7) is 2.03. The van der Waals surface area contributed by atoms with Gasteiger partial charge in [0.05, 0.1) is 5.75 Å². The average Bonchev–Trinajstić information content (AvgIpc) is 2.54. The van der Waals surface area contributed by atoms with Crippen LogP contribution in [0.15, 0.2) is 53.4 Å². The first-order valence-electron chi connectivity index (χ1n) is 6.90. The quantitative estimate of drug-likeness (QED) is 0.834. The van der Waals surface area contributed by atoms with Gasteiger partial charge in [0.25, 0.3) is 5.91 Å². The zero-order chi connectivity index (χ0) is 15.9. The van der Waals surface area contributed by atoms with Gasteiger partial charge in [-0.1, -0.05) is 17.7 Å². The van der Waals surface area contributed by atoms with Crippen LogP contribution in [-0.2, 0) is 4.79 Å². The van der Waals surface area contributed by atoms with E-state index in [2.05, 4.69) is 10.6 Å². The maximum absolute atomic E-state index is 11.9. The van der Waals surface area contributed by atoms with E-state index < -0.39 is 0 Å². The molecule has 0 radical (unpaired) electrons. The Labute approximate surface area is 134 Å². The molecule has 2 N–H and O–H groups in total. The Kier molecular flexibility index (Phi) is 5.61. The number of aryl methyl sites for hydroxylation is 1. The molecule has 0 atom stereocenters. The highest BCUT2D eigenvalue weighted by molar-refractivity contribution is 8.00. The molecule has 2 aromatic carbocycles. The van der Waals surface area contributed by atoms with E-state index in [1.54, 1.807) is 31.3 Å². The Morgan fingerprint density at radius 3 is 2.23 bits per heavy atom. The van der Waals surface area contributed by atoms with Crippen molar-refractivity contribution in [2.75, 3.05) is 18.1 Å². The number of hydrogen-bond donors (Lipinski definition) is 2. The molecule has 2 rings (SSSR count). The fourth-order valence-corrected chi connectivity index (χ4v) is 2.53. The fraction of sp³-hybridized carbons (Fsp3) is 0.176. The minimum Gasteiger partial charge on any atom is -0.355 e. The van der Waals surface area contributed by atoms with Crippen LogP contribution in [0.4, 0.5) is 5.69 Å². The highest BCUT2D eigenvalue weighted by Gasteiger charge is 2.06. The van der Waals surface area contributed by atoms with Crippen LogP contribution in [0.25, 0.3) is 0 Å². The molecule has 0 heterocycles. The molecular weight excluding hydrogens is 296 g/mol. The smallest absolute Gasteiger partial charge is 0.251 e. The molecule has 114 valence electrons. The van der Waals surface area contributed by atoms with Crippen molar-refractivity contribution < 1.29 is 9.59 Å². The van der Waals surface area contributed by atoms with E-state index in [0.29, 0.717) is 17.0 Å². The van der Waals surface area contributed by atoms with Gasteiger partial charge in [0.15, 0.2) is 0 Å². The Bertz CT molecular complexity index is 651. The van der Waals surface area contributed by atoms with E-state index in [1.807, 2.05) is 31.2 Å². The Morgan fingerprint density at radius 1 is 1.00 bits per heavy atom. The number of nitrogens with one attached hydrogen (secondary N) is 2. The lowest BCUT2D eigenvalue weighted by Crippen LogP contribution is -2.18. The molecule has 0 aliphatic carbocycles. The third kappa shape index (κ3) is 4.63. The van der Waals surface area contributed by atoms with Crippen LogP contribution in [0.5, 0.6) is 0 Å². The van der Waals surface area contributed by atoms with E-state index >= 15 is 0 Å². The molecule has 22 heavy (non-hydrogen) atoms. The summed E-state index contributed by atoms with van der Waals surface area (Å²) in [7, 11) is 1.58. The molecule has 0 saturated carbocycles. The predicted octanol–water partition coefficient (Wildman–Crippen LogP) is 3.09. The van der Waals surface area contributed by atoms with Crippen LogP contribution < -0.4 is 10.6 Å². The number of carbonyl (C=O) groups is 2. The maximum Gasteiger partial charge on any atom is 0.251 e. The standard InChI is InChI=1S/C17H18N2O2S/c1-12-3-9-15(10-4-12)22-11-16(20)19-14-7-5-13(6-8-14)17(21)18-2/h3-10H,11H2,1-2H3,(H,18,21)(H,19,20). The van der Waals surface area contributed by atoms with Gasteiger partial charge in [-0.05, 0) is 43.3 Å². The minimum atomic E-state index is -0.146. The molecule has 0 fully saturated rings. The molecule has 0 unspecified atom stereocenters. The second-order valence-corrected chi connectivity index (χ2v) is 5.86. The number of benzene rings is 2. The van der Waals surface area contributed by atoms with Crippen molar-refractivity contribution in [2.45, 2.75) is 11.8 Å². The molecule has 5 heteroatoms. The van der Waals surface area contributed by atoms with Crippen molar-refractivity contribution >= 4 is 29.3 Å². The lowest BCUT2D eigenvalue weighted by atomic mass is 10.2. The molecule has 0 aliphatic heterocycles. The maximum atomic E-state index is 11.9. The van der Waals surface area contributed by atoms with Crippen LogP contribution in [0.2, 0.25) is 0 Å². The van der Waals surface area contributed by atoms with Gasteiger partial charge in [0.2, 0.25) is 5.91 Å². The summed E-state index contributed by atoms with van der Waals surface area (Å²) >= 11 is 1.49. The van der Waals surface area contributed by atoms with E-state index in [0.717, 1.165) is 4.90 Å². The average molecular weight is 314 g/mol. The molecule has 0 aliphatic rings. The first-order valence-corrected chi connectivity index (χ1v) is 7.88. The third-order valence-corrected chi connectivity index (χ3v) is 4.06. The predicted molar refractivity (Wildman–Crippen MR) is 90.4 cm³/mol. The van der Waals surface area contributed by atoms with Crippen molar-refractivity contribution in [3.63, 3.8) is 0 Å². The number of hydrogen-bond acceptors (Lipinski definition) is 3. The van der Waals surface area contributed by atoms with E-state index in [-0.39, 0.29) is 11.8 Å². The second-order valence-electron chi connectivity index (χ2n) is 4.81. The number of thioether (sulfide) groups is 1. The van der Waals surface area contributed by atoms with Gasteiger partial charge in [-0.15, -0.1) is 11.8 Å².